The molecule has 1 aromatic rings. The number of thiazole rings is 1. The summed E-state index contributed by atoms with van der Waals surface area (Å²) in [4.78, 5) is 31.2. The number of rotatable bonds is 3. The van der Waals surface area contributed by atoms with Gasteiger partial charge in [0, 0.05) is 24.0 Å². The van der Waals surface area contributed by atoms with Crippen LogP contribution in [0.4, 0.5) is 0 Å². The predicted molar refractivity (Wildman–Crippen MR) is 73.7 cm³/mol. The van der Waals surface area contributed by atoms with Crippen molar-refractivity contribution in [2.75, 3.05) is 6.54 Å². The smallest absolute Gasteiger partial charge is 0.248 e. The summed E-state index contributed by atoms with van der Waals surface area (Å²) in [5.41, 5.74) is -0.835. The first-order valence-electron chi connectivity index (χ1n) is 6.46. The largest absolute Gasteiger partial charge is 0.342 e. The summed E-state index contributed by atoms with van der Waals surface area (Å²) < 4.78 is 0. The molecular weight excluding hydrogens is 262 g/mol. The third kappa shape index (κ3) is 3.12. The number of aryl methyl sites for hydroxylation is 1. The molecular formula is C13H19N3O2S. The molecule has 6 heteroatoms. The number of carbonyl (C=O) groups excluding carboxylic acids is 2. The fourth-order valence-corrected chi connectivity index (χ4v) is 2.97. The molecule has 19 heavy (non-hydrogen) atoms. The van der Waals surface area contributed by atoms with E-state index in [2.05, 4.69) is 17.2 Å². The summed E-state index contributed by atoms with van der Waals surface area (Å²) in [7, 11) is 0. The second-order valence-corrected chi connectivity index (χ2v) is 6.42. The number of aromatic nitrogens is 1. The van der Waals surface area contributed by atoms with Crippen LogP contribution in [0.25, 0.3) is 0 Å². The molecule has 2 amide bonds. The molecule has 0 radical (unpaired) electrons. The molecule has 0 spiro atoms. The molecule has 0 aromatic carbocycles. The lowest BCUT2D eigenvalue weighted by Crippen LogP contribution is -2.52. The van der Waals surface area contributed by atoms with Crippen LogP contribution < -0.4 is 5.32 Å². The predicted octanol–water partition coefficient (Wildman–Crippen LogP) is 1.33. The zero-order valence-corrected chi connectivity index (χ0v) is 12.3. The molecule has 5 nitrogen and oxygen atoms in total. The monoisotopic (exact) mass is 281 g/mol. The highest BCUT2D eigenvalue weighted by molar-refractivity contribution is 7.11. The van der Waals surface area contributed by atoms with Crippen molar-refractivity contribution in [3.05, 3.63) is 16.1 Å². The topological polar surface area (TPSA) is 62.3 Å². The van der Waals surface area contributed by atoms with E-state index < -0.39 is 5.54 Å². The highest BCUT2D eigenvalue weighted by Gasteiger charge is 2.36. The number of nitrogens with zero attached hydrogens (tertiary/aromatic N) is 2. The van der Waals surface area contributed by atoms with E-state index in [1.165, 1.54) is 4.88 Å². The van der Waals surface area contributed by atoms with Gasteiger partial charge in [0.2, 0.25) is 11.8 Å². The van der Waals surface area contributed by atoms with Gasteiger partial charge in [-0.25, -0.2) is 4.98 Å². The molecule has 1 saturated heterocycles. The third-order valence-electron chi connectivity index (χ3n) is 3.16. The molecule has 1 aliphatic rings. The Kier molecular flexibility index (Phi) is 3.89. The Hall–Kier alpha value is -1.43. The van der Waals surface area contributed by atoms with Gasteiger partial charge in [0.15, 0.2) is 0 Å². The molecule has 2 heterocycles. The van der Waals surface area contributed by atoms with Crippen LogP contribution in [-0.4, -0.2) is 33.8 Å². The Bertz CT molecular complexity index is 496. The average molecular weight is 281 g/mol. The lowest BCUT2D eigenvalue weighted by Gasteiger charge is -2.28. The fraction of sp³-hybridized carbons (Fsp3) is 0.615. The molecule has 0 bridgehead atoms. The molecule has 2 rings (SSSR count). The first-order valence-corrected chi connectivity index (χ1v) is 7.28. The van der Waals surface area contributed by atoms with Gasteiger partial charge in [-0.3, -0.25) is 9.59 Å². The van der Waals surface area contributed by atoms with Crippen molar-refractivity contribution in [3.8, 4) is 0 Å². The van der Waals surface area contributed by atoms with Gasteiger partial charge in [-0.15, -0.1) is 11.3 Å². The van der Waals surface area contributed by atoms with Gasteiger partial charge in [0.05, 0.1) is 6.54 Å². The van der Waals surface area contributed by atoms with Crippen molar-refractivity contribution in [1.82, 2.24) is 15.2 Å². The van der Waals surface area contributed by atoms with Crippen LogP contribution in [0, 0.1) is 0 Å². The van der Waals surface area contributed by atoms with Gasteiger partial charge in [-0.05, 0) is 20.3 Å². The molecule has 0 saturated carbocycles. The van der Waals surface area contributed by atoms with E-state index in [9.17, 15) is 9.59 Å². The van der Waals surface area contributed by atoms with Gasteiger partial charge in [-0.2, -0.15) is 0 Å². The average Bonchev–Trinajstić information content (AvgIpc) is 2.77. The standard InChI is InChI=1S/C13H19N3O2S/c1-4-9-7-14-11(19-9)8-16-6-5-10(17)15-13(2,3)12(16)18/h7H,4-6,8H2,1-3H3,(H,15,17). The number of hydrogen-bond acceptors (Lipinski definition) is 4. The van der Waals surface area contributed by atoms with Crippen molar-refractivity contribution < 1.29 is 9.59 Å². The summed E-state index contributed by atoms with van der Waals surface area (Å²) in [5, 5.41) is 3.68. The quantitative estimate of drug-likeness (QED) is 0.909. The maximum Gasteiger partial charge on any atom is 0.248 e. The van der Waals surface area contributed by atoms with E-state index in [-0.39, 0.29) is 11.8 Å². The molecule has 1 aromatic heterocycles. The van der Waals surface area contributed by atoms with Crippen LogP contribution >= 0.6 is 11.3 Å². The molecule has 104 valence electrons. The maximum absolute atomic E-state index is 12.4. The summed E-state index contributed by atoms with van der Waals surface area (Å²) in [6.45, 7) is 6.51. The second-order valence-electron chi connectivity index (χ2n) is 5.22. The van der Waals surface area contributed by atoms with E-state index in [1.54, 1.807) is 30.1 Å². The van der Waals surface area contributed by atoms with Crippen molar-refractivity contribution in [2.45, 2.75) is 45.7 Å². The van der Waals surface area contributed by atoms with Crippen LogP contribution in [0.5, 0.6) is 0 Å². The highest BCUT2D eigenvalue weighted by atomic mass is 32.1. The van der Waals surface area contributed by atoms with E-state index >= 15 is 0 Å². The van der Waals surface area contributed by atoms with Crippen LogP contribution in [-0.2, 0) is 22.6 Å². The summed E-state index contributed by atoms with van der Waals surface area (Å²) >= 11 is 1.63. The molecule has 1 aliphatic heterocycles. The van der Waals surface area contributed by atoms with Gasteiger partial charge in [0.25, 0.3) is 0 Å². The van der Waals surface area contributed by atoms with Crippen LogP contribution in [0.15, 0.2) is 6.20 Å². The number of nitrogens with one attached hydrogen (secondary N) is 1. The van der Waals surface area contributed by atoms with Crippen molar-refractivity contribution >= 4 is 23.2 Å². The Balaban J connectivity index is 2.14. The summed E-state index contributed by atoms with van der Waals surface area (Å²) in [6.07, 6.45) is 3.16. The van der Waals surface area contributed by atoms with E-state index in [0.29, 0.717) is 19.5 Å². The zero-order chi connectivity index (χ0) is 14.0. The van der Waals surface area contributed by atoms with Crippen LogP contribution in [0.2, 0.25) is 0 Å². The van der Waals surface area contributed by atoms with Crippen molar-refractivity contribution in [3.63, 3.8) is 0 Å². The number of carbonyl (C=O) groups is 2. The van der Waals surface area contributed by atoms with Crippen LogP contribution in [0.1, 0.15) is 37.1 Å². The van der Waals surface area contributed by atoms with Crippen molar-refractivity contribution in [1.29, 1.82) is 0 Å². The Morgan fingerprint density at radius 3 is 2.84 bits per heavy atom. The molecule has 0 aliphatic carbocycles. The number of amides is 2. The minimum atomic E-state index is -0.835. The summed E-state index contributed by atoms with van der Waals surface area (Å²) in [6, 6.07) is 0. The Morgan fingerprint density at radius 1 is 1.47 bits per heavy atom. The van der Waals surface area contributed by atoms with Gasteiger partial charge in [0.1, 0.15) is 10.5 Å². The van der Waals surface area contributed by atoms with Gasteiger partial charge < -0.3 is 10.2 Å². The minimum Gasteiger partial charge on any atom is -0.342 e. The lowest BCUT2D eigenvalue weighted by molar-refractivity contribution is -0.137. The first-order chi connectivity index (χ1) is 8.92. The lowest BCUT2D eigenvalue weighted by atomic mass is 10.0. The minimum absolute atomic E-state index is 0.0494. The van der Waals surface area contributed by atoms with Crippen molar-refractivity contribution in [2.24, 2.45) is 0 Å². The number of hydrogen-bond donors (Lipinski definition) is 1. The summed E-state index contributed by atoms with van der Waals surface area (Å²) in [5.74, 6) is -0.124. The molecule has 1 N–H and O–H groups in total. The maximum atomic E-state index is 12.4. The Labute approximate surface area is 117 Å². The van der Waals surface area contributed by atoms with Gasteiger partial charge >= 0.3 is 0 Å². The second kappa shape index (κ2) is 5.28. The first kappa shape index (κ1) is 14.0. The fourth-order valence-electron chi connectivity index (χ4n) is 2.10. The SMILES string of the molecule is CCc1cnc(CN2CCC(=O)NC(C)(C)C2=O)s1. The molecule has 0 atom stereocenters. The Morgan fingerprint density at radius 2 is 2.21 bits per heavy atom. The van der Waals surface area contributed by atoms with Gasteiger partial charge in [-0.1, -0.05) is 6.92 Å². The third-order valence-corrected chi connectivity index (χ3v) is 4.29. The highest BCUT2D eigenvalue weighted by Crippen LogP contribution is 2.19. The van der Waals surface area contributed by atoms with Crippen LogP contribution in [0.3, 0.4) is 0 Å². The van der Waals surface area contributed by atoms with E-state index in [1.807, 2.05) is 6.20 Å². The van der Waals surface area contributed by atoms with E-state index in [0.717, 1.165) is 11.4 Å². The molecule has 0 unspecified atom stereocenters. The normalized spacial score (nSPS) is 19.2. The molecule has 1 fully saturated rings. The zero-order valence-electron chi connectivity index (χ0n) is 11.5. The van der Waals surface area contributed by atoms with E-state index in [4.69, 9.17) is 0 Å².